The average Bonchev–Trinajstić information content (AvgIpc) is 3.03. The largest absolute Gasteiger partial charge is 0.364 e. The molecule has 0 saturated carbocycles. The van der Waals surface area contributed by atoms with Gasteiger partial charge in [-0.2, -0.15) is 5.10 Å². The number of carbonyl (C=O) groups excluding carboxylic acids is 1. The van der Waals surface area contributed by atoms with Crippen molar-refractivity contribution in [2.45, 2.75) is 25.6 Å². The van der Waals surface area contributed by atoms with Crippen molar-refractivity contribution in [3.05, 3.63) is 53.5 Å². The van der Waals surface area contributed by atoms with Gasteiger partial charge in [0, 0.05) is 19.6 Å². The molecule has 3 heterocycles. The Kier molecular flexibility index (Phi) is 4.09. The molecule has 6 nitrogen and oxygen atoms in total. The van der Waals surface area contributed by atoms with E-state index in [0.717, 1.165) is 17.1 Å². The fraction of sp³-hybridized carbons (Fsp3) is 0.389. The number of aryl methyl sites for hydroxylation is 1. The van der Waals surface area contributed by atoms with Crippen LogP contribution in [0, 0.1) is 12.7 Å². The lowest BCUT2D eigenvalue weighted by Gasteiger charge is -2.36. The normalized spacial score (nSPS) is 23.0. The lowest BCUT2D eigenvalue weighted by molar-refractivity contribution is -0.153. The summed E-state index contributed by atoms with van der Waals surface area (Å²) < 4.78 is 19.2. The van der Waals surface area contributed by atoms with E-state index in [0.29, 0.717) is 19.6 Å². The number of aromatic nitrogens is 2. The maximum atomic E-state index is 13.5. The number of benzene rings is 1. The zero-order valence-electron chi connectivity index (χ0n) is 13.9. The first-order chi connectivity index (χ1) is 12.1. The van der Waals surface area contributed by atoms with E-state index < -0.39 is 0 Å². The van der Waals surface area contributed by atoms with E-state index in [4.69, 9.17) is 4.74 Å². The van der Waals surface area contributed by atoms with Crippen molar-refractivity contribution in [1.82, 2.24) is 15.1 Å². The van der Waals surface area contributed by atoms with Crippen LogP contribution in [0.5, 0.6) is 0 Å². The fourth-order valence-electron chi connectivity index (χ4n) is 3.45. The Balaban J connectivity index is 1.54. The van der Waals surface area contributed by atoms with Gasteiger partial charge in [-0.15, -0.1) is 5.10 Å². The first-order valence-electron chi connectivity index (χ1n) is 8.31. The van der Waals surface area contributed by atoms with Crippen LogP contribution in [0.4, 0.5) is 10.2 Å². The average molecular weight is 342 g/mol. The highest BCUT2D eigenvalue weighted by atomic mass is 19.1. The summed E-state index contributed by atoms with van der Waals surface area (Å²) in [5, 5.41) is 8.32. The third kappa shape index (κ3) is 3.19. The third-order valence-corrected chi connectivity index (χ3v) is 4.73. The van der Waals surface area contributed by atoms with Crippen LogP contribution in [-0.2, 0) is 16.1 Å². The Bertz CT molecular complexity index is 783. The van der Waals surface area contributed by atoms with Crippen LogP contribution < -0.4 is 4.90 Å². The first-order valence-corrected chi connectivity index (χ1v) is 8.31. The zero-order chi connectivity index (χ0) is 17.4. The summed E-state index contributed by atoms with van der Waals surface area (Å²) in [6.45, 7) is 3.63. The topological polar surface area (TPSA) is 58.6 Å². The summed E-state index contributed by atoms with van der Waals surface area (Å²) in [5.41, 5.74) is 1.64. The van der Waals surface area contributed by atoms with Crippen molar-refractivity contribution in [2.75, 3.05) is 24.6 Å². The van der Waals surface area contributed by atoms with Crippen LogP contribution >= 0.6 is 0 Å². The first kappa shape index (κ1) is 16.0. The molecule has 0 aliphatic carbocycles. The van der Waals surface area contributed by atoms with Gasteiger partial charge in [0.05, 0.1) is 17.8 Å². The predicted molar refractivity (Wildman–Crippen MR) is 89.5 cm³/mol. The number of fused-ring (bicyclic) bond motifs is 1. The summed E-state index contributed by atoms with van der Waals surface area (Å²) in [4.78, 5) is 16.3. The molecule has 0 N–H and O–H groups in total. The zero-order valence-corrected chi connectivity index (χ0v) is 13.9. The molecule has 1 aromatic carbocycles. The molecule has 0 unspecified atom stereocenters. The lowest BCUT2D eigenvalue weighted by atomic mass is 10.1. The second kappa shape index (κ2) is 6.40. The fourth-order valence-corrected chi connectivity index (χ4v) is 3.45. The van der Waals surface area contributed by atoms with Crippen LogP contribution in [0.15, 0.2) is 36.4 Å². The van der Waals surface area contributed by atoms with E-state index >= 15 is 0 Å². The van der Waals surface area contributed by atoms with Crippen molar-refractivity contribution >= 4 is 11.7 Å². The van der Waals surface area contributed by atoms with E-state index in [1.807, 2.05) is 25.1 Å². The molecule has 2 aliphatic rings. The molecule has 7 heteroatoms. The molecule has 25 heavy (non-hydrogen) atoms. The second-order valence-electron chi connectivity index (χ2n) is 6.51. The van der Waals surface area contributed by atoms with Gasteiger partial charge in [0.2, 0.25) is 5.91 Å². The summed E-state index contributed by atoms with van der Waals surface area (Å²) in [7, 11) is 0. The summed E-state index contributed by atoms with van der Waals surface area (Å²) in [5.74, 6) is 0.418. The number of ether oxygens (including phenoxy) is 1. The van der Waals surface area contributed by atoms with Crippen molar-refractivity contribution in [3.8, 4) is 0 Å². The second-order valence-corrected chi connectivity index (χ2v) is 6.51. The van der Waals surface area contributed by atoms with Gasteiger partial charge in [0.15, 0.2) is 5.82 Å². The highest BCUT2D eigenvalue weighted by Crippen LogP contribution is 2.28. The molecule has 2 fully saturated rings. The maximum Gasteiger partial charge on any atom is 0.249 e. The molecule has 2 aromatic rings. The molecule has 2 aliphatic heterocycles. The van der Waals surface area contributed by atoms with Gasteiger partial charge >= 0.3 is 0 Å². The van der Waals surface area contributed by atoms with Crippen LogP contribution in [0.2, 0.25) is 0 Å². The minimum atomic E-state index is -0.294. The number of anilines is 1. The molecule has 0 radical (unpaired) electrons. The maximum absolute atomic E-state index is 13.5. The number of halogens is 1. The van der Waals surface area contributed by atoms with E-state index in [1.54, 1.807) is 11.0 Å². The summed E-state index contributed by atoms with van der Waals surface area (Å²) in [6.07, 6.45) is -0.0747. The van der Waals surface area contributed by atoms with Crippen molar-refractivity contribution in [1.29, 1.82) is 0 Å². The monoisotopic (exact) mass is 342 g/mol. The van der Waals surface area contributed by atoms with Gasteiger partial charge < -0.3 is 14.5 Å². The van der Waals surface area contributed by atoms with Crippen LogP contribution in [0.1, 0.15) is 11.3 Å². The summed E-state index contributed by atoms with van der Waals surface area (Å²) >= 11 is 0. The van der Waals surface area contributed by atoms with Crippen LogP contribution in [-0.4, -0.2) is 52.8 Å². The molecule has 2 saturated heterocycles. The number of rotatable bonds is 3. The Morgan fingerprint density at radius 2 is 2.12 bits per heavy atom. The standard InChI is InChI=1S/C18H19FN4O2/c1-12-5-6-17(21-20-12)22-9-15-16(10-22)25-11-18(24)23(15)8-13-3-2-4-14(19)7-13/h2-7,15-16H,8-11H2,1H3/t15-,16-/m1/s1. The number of nitrogens with zero attached hydrogens (tertiary/aromatic N) is 4. The lowest BCUT2D eigenvalue weighted by Crippen LogP contribution is -2.53. The number of carbonyl (C=O) groups is 1. The molecular weight excluding hydrogens is 323 g/mol. The number of morpholine rings is 1. The van der Waals surface area contributed by atoms with Gasteiger partial charge in [-0.1, -0.05) is 12.1 Å². The number of hydrogen-bond donors (Lipinski definition) is 0. The molecule has 0 bridgehead atoms. The van der Waals surface area contributed by atoms with Gasteiger partial charge in [-0.3, -0.25) is 4.79 Å². The highest BCUT2D eigenvalue weighted by Gasteiger charge is 2.43. The van der Waals surface area contributed by atoms with E-state index in [-0.39, 0.29) is 30.5 Å². The predicted octanol–water partition coefficient (Wildman–Crippen LogP) is 1.54. The van der Waals surface area contributed by atoms with Gasteiger partial charge in [0.25, 0.3) is 0 Å². The van der Waals surface area contributed by atoms with Crippen LogP contribution in [0.3, 0.4) is 0 Å². The molecule has 1 amide bonds. The highest BCUT2D eigenvalue weighted by molar-refractivity contribution is 5.79. The smallest absolute Gasteiger partial charge is 0.249 e. The molecule has 4 rings (SSSR count). The SMILES string of the molecule is Cc1ccc(N2C[C@@H]3[C@@H](C2)OCC(=O)N3Cc2cccc(F)c2)nn1. The number of hydrogen-bond acceptors (Lipinski definition) is 5. The molecule has 130 valence electrons. The van der Waals surface area contributed by atoms with E-state index in [1.165, 1.54) is 12.1 Å². The molecule has 2 atom stereocenters. The minimum absolute atomic E-state index is 0.0594. The van der Waals surface area contributed by atoms with Gasteiger partial charge in [-0.05, 0) is 36.8 Å². The quantitative estimate of drug-likeness (QED) is 0.847. The van der Waals surface area contributed by atoms with Crippen LogP contribution in [0.25, 0.3) is 0 Å². The van der Waals surface area contributed by atoms with E-state index in [9.17, 15) is 9.18 Å². The Labute approximate surface area is 145 Å². The summed E-state index contributed by atoms with van der Waals surface area (Å²) in [6, 6.07) is 10.1. The Morgan fingerprint density at radius 1 is 1.24 bits per heavy atom. The molecular formula is C18H19FN4O2. The third-order valence-electron chi connectivity index (χ3n) is 4.73. The van der Waals surface area contributed by atoms with Gasteiger partial charge in [0.1, 0.15) is 12.4 Å². The van der Waals surface area contributed by atoms with Gasteiger partial charge in [-0.25, -0.2) is 4.39 Å². The van der Waals surface area contributed by atoms with Crippen molar-refractivity contribution in [3.63, 3.8) is 0 Å². The van der Waals surface area contributed by atoms with Crippen molar-refractivity contribution in [2.24, 2.45) is 0 Å². The van der Waals surface area contributed by atoms with Crippen molar-refractivity contribution < 1.29 is 13.9 Å². The van der Waals surface area contributed by atoms with E-state index in [2.05, 4.69) is 15.1 Å². The Hall–Kier alpha value is -2.54. The Morgan fingerprint density at radius 3 is 2.88 bits per heavy atom. The molecule has 0 spiro atoms. The minimum Gasteiger partial charge on any atom is -0.364 e. The number of amides is 1. The molecule has 1 aromatic heterocycles.